The first-order chi connectivity index (χ1) is 14.0. The molecule has 0 aliphatic carbocycles. The van der Waals surface area contributed by atoms with Crippen LogP contribution in [0.15, 0.2) is 24.3 Å². The highest BCUT2D eigenvalue weighted by molar-refractivity contribution is 5.95. The molecule has 2 fully saturated rings. The number of amides is 1. The molecule has 154 valence electrons. The van der Waals surface area contributed by atoms with Gasteiger partial charge in [0, 0.05) is 61.4 Å². The van der Waals surface area contributed by atoms with Gasteiger partial charge in [0.15, 0.2) is 11.6 Å². The van der Waals surface area contributed by atoms with Crippen molar-refractivity contribution < 1.29 is 27.4 Å². The summed E-state index contributed by atoms with van der Waals surface area (Å²) >= 11 is 0. The lowest BCUT2D eigenvalue weighted by atomic mass is 9.96. The van der Waals surface area contributed by atoms with Crippen molar-refractivity contribution >= 4 is 11.7 Å². The fraction of sp³-hybridized carbons (Fsp3) is 0.429. The van der Waals surface area contributed by atoms with Gasteiger partial charge in [0.2, 0.25) is 5.91 Å². The SMILES string of the molecule is COc1cc(F)c([C@H]2CC(=O)N(c3nc(C4CCOCC4)ccc3F)C2)c(F)c1. The van der Waals surface area contributed by atoms with Gasteiger partial charge < -0.3 is 9.47 Å². The number of benzene rings is 1. The molecule has 2 saturated heterocycles. The topological polar surface area (TPSA) is 51.7 Å². The third kappa shape index (κ3) is 3.81. The van der Waals surface area contributed by atoms with Crippen LogP contribution in [-0.2, 0) is 9.53 Å². The lowest BCUT2D eigenvalue weighted by molar-refractivity contribution is -0.117. The maximum Gasteiger partial charge on any atom is 0.228 e. The van der Waals surface area contributed by atoms with Gasteiger partial charge in [-0.2, -0.15) is 0 Å². The predicted octanol–water partition coefficient (Wildman–Crippen LogP) is 3.92. The van der Waals surface area contributed by atoms with Crippen LogP contribution in [0.5, 0.6) is 5.75 Å². The van der Waals surface area contributed by atoms with E-state index in [1.807, 2.05) is 0 Å². The number of nitrogens with zero attached hydrogens (tertiary/aromatic N) is 2. The fourth-order valence-corrected chi connectivity index (χ4v) is 4.03. The van der Waals surface area contributed by atoms with Crippen molar-refractivity contribution in [3.05, 3.63) is 53.0 Å². The summed E-state index contributed by atoms with van der Waals surface area (Å²) in [5.74, 6) is -3.26. The first kappa shape index (κ1) is 19.7. The molecule has 0 saturated carbocycles. The van der Waals surface area contributed by atoms with E-state index < -0.39 is 29.3 Å². The molecule has 5 nitrogen and oxygen atoms in total. The number of hydrogen-bond donors (Lipinski definition) is 0. The second-order valence-electron chi connectivity index (χ2n) is 7.34. The van der Waals surface area contributed by atoms with Crippen molar-refractivity contribution in [3.8, 4) is 5.75 Å². The van der Waals surface area contributed by atoms with Crippen molar-refractivity contribution in [1.82, 2.24) is 4.98 Å². The molecule has 0 N–H and O–H groups in total. The zero-order valence-corrected chi connectivity index (χ0v) is 16.0. The number of pyridine rings is 1. The van der Waals surface area contributed by atoms with E-state index in [4.69, 9.17) is 9.47 Å². The number of aromatic nitrogens is 1. The van der Waals surface area contributed by atoms with E-state index in [1.54, 1.807) is 6.07 Å². The third-order valence-corrected chi connectivity index (χ3v) is 5.57. The molecule has 4 rings (SSSR count). The molecule has 0 unspecified atom stereocenters. The van der Waals surface area contributed by atoms with E-state index >= 15 is 0 Å². The van der Waals surface area contributed by atoms with E-state index in [1.165, 1.54) is 18.1 Å². The largest absolute Gasteiger partial charge is 0.497 e. The summed E-state index contributed by atoms with van der Waals surface area (Å²) in [5.41, 5.74) is 0.505. The van der Waals surface area contributed by atoms with Crippen LogP contribution in [0, 0.1) is 17.5 Å². The number of carbonyl (C=O) groups is 1. The minimum atomic E-state index is -0.786. The fourth-order valence-electron chi connectivity index (χ4n) is 4.03. The highest BCUT2D eigenvalue weighted by atomic mass is 19.1. The number of hydrogen-bond acceptors (Lipinski definition) is 4. The maximum absolute atomic E-state index is 14.5. The van der Waals surface area contributed by atoms with Crippen LogP contribution in [0.25, 0.3) is 0 Å². The van der Waals surface area contributed by atoms with Gasteiger partial charge in [0.05, 0.1) is 7.11 Å². The van der Waals surface area contributed by atoms with Gasteiger partial charge in [-0.1, -0.05) is 0 Å². The Kier molecular flexibility index (Phi) is 5.45. The monoisotopic (exact) mass is 406 g/mol. The second-order valence-corrected chi connectivity index (χ2v) is 7.34. The highest BCUT2D eigenvalue weighted by Gasteiger charge is 2.37. The van der Waals surface area contributed by atoms with Crippen LogP contribution >= 0.6 is 0 Å². The van der Waals surface area contributed by atoms with Crippen LogP contribution < -0.4 is 9.64 Å². The molecule has 0 bridgehead atoms. The Bertz CT molecular complexity index is 908. The molecule has 0 radical (unpaired) electrons. The number of carbonyl (C=O) groups excluding carboxylic acids is 1. The van der Waals surface area contributed by atoms with E-state index in [9.17, 15) is 18.0 Å². The van der Waals surface area contributed by atoms with Gasteiger partial charge in [0.1, 0.15) is 17.4 Å². The Labute approximate surface area is 166 Å². The molecule has 1 atom stereocenters. The quantitative estimate of drug-likeness (QED) is 0.772. The number of methoxy groups -OCH3 is 1. The minimum Gasteiger partial charge on any atom is -0.497 e. The Morgan fingerprint density at radius 1 is 1.07 bits per heavy atom. The summed E-state index contributed by atoms with van der Waals surface area (Å²) in [4.78, 5) is 18.2. The smallest absolute Gasteiger partial charge is 0.228 e. The standard InChI is InChI=1S/C21H21F3N2O3/c1-28-14-9-16(23)20(17(24)10-14)13-8-19(27)26(11-13)21-15(22)2-3-18(25-21)12-4-6-29-7-5-12/h2-3,9-10,12-13H,4-8,11H2,1H3/t13-/m0/s1. The van der Waals surface area contributed by atoms with E-state index in [0.29, 0.717) is 18.9 Å². The number of rotatable bonds is 4. The molecule has 2 aliphatic heterocycles. The lowest BCUT2D eigenvalue weighted by Crippen LogP contribution is -2.27. The molecule has 1 amide bonds. The zero-order valence-electron chi connectivity index (χ0n) is 16.0. The highest BCUT2D eigenvalue weighted by Crippen LogP contribution is 2.37. The molecule has 0 spiro atoms. The molecule has 1 aromatic carbocycles. The summed E-state index contributed by atoms with van der Waals surface area (Å²) in [7, 11) is 1.31. The van der Waals surface area contributed by atoms with Crippen molar-refractivity contribution in [2.24, 2.45) is 0 Å². The Morgan fingerprint density at radius 3 is 2.41 bits per heavy atom. The lowest BCUT2D eigenvalue weighted by Gasteiger charge is -2.23. The number of anilines is 1. The van der Waals surface area contributed by atoms with Gasteiger partial charge in [-0.15, -0.1) is 0 Å². The Balaban J connectivity index is 1.62. The van der Waals surface area contributed by atoms with Gasteiger partial charge in [-0.25, -0.2) is 18.2 Å². The van der Waals surface area contributed by atoms with Crippen molar-refractivity contribution in [2.45, 2.75) is 31.1 Å². The summed E-state index contributed by atoms with van der Waals surface area (Å²) in [6.07, 6.45) is 1.43. The summed E-state index contributed by atoms with van der Waals surface area (Å²) in [6, 6.07) is 5.07. The van der Waals surface area contributed by atoms with Crippen LogP contribution in [0.1, 0.15) is 42.4 Å². The van der Waals surface area contributed by atoms with E-state index in [0.717, 1.165) is 25.0 Å². The summed E-state index contributed by atoms with van der Waals surface area (Å²) in [5, 5.41) is 0. The molecular formula is C21H21F3N2O3. The Morgan fingerprint density at radius 2 is 1.76 bits per heavy atom. The average Bonchev–Trinajstić information content (AvgIpc) is 3.09. The normalized spacial score (nSPS) is 20.3. The maximum atomic E-state index is 14.5. The average molecular weight is 406 g/mol. The van der Waals surface area contributed by atoms with Gasteiger partial charge in [-0.3, -0.25) is 9.69 Å². The predicted molar refractivity (Wildman–Crippen MR) is 99.6 cm³/mol. The molecule has 29 heavy (non-hydrogen) atoms. The van der Waals surface area contributed by atoms with Gasteiger partial charge >= 0.3 is 0 Å². The van der Waals surface area contributed by atoms with Crippen molar-refractivity contribution in [3.63, 3.8) is 0 Å². The van der Waals surface area contributed by atoms with Crippen LogP contribution in [0.2, 0.25) is 0 Å². The van der Waals surface area contributed by atoms with Crippen LogP contribution in [0.4, 0.5) is 19.0 Å². The zero-order chi connectivity index (χ0) is 20.5. The first-order valence-corrected chi connectivity index (χ1v) is 9.55. The first-order valence-electron chi connectivity index (χ1n) is 9.55. The van der Waals surface area contributed by atoms with Crippen LogP contribution in [-0.4, -0.2) is 37.8 Å². The number of halogens is 3. The molecule has 2 aromatic rings. The van der Waals surface area contributed by atoms with E-state index in [-0.39, 0.29) is 36.0 Å². The molecule has 3 heterocycles. The molecule has 1 aromatic heterocycles. The van der Waals surface area contributed by atoms with Gasteiger partial charge in [-0.05, 0) is 25.0 Å². The third-order valence-electron chi connectivity index (χ3n) is 5.57. The van der Waals surface area contributed by atoms with Gasteiger partial charge in [0.25, 0.3) is 0 Å². The number of ether oxygens (including phenoxy) is 2. The van der Waals surface area contributed by atoms with Crippen molar-refractivity contribution in [1.29, 1.82) is 0 Å². The molecule has 2 aliphatic rings. The summed E-state index contributed by atoms with van der Waals surface area (Å²) in [6.45, 7) is 1.18. The van der Waals surface area contributed by atoms with E-state index in [2.05, 4.69) is 4.98 Å². The second kappa shape index (κ2) is 8.02. The van der Waals surface area contributed by atoms with Crippen LogP contribution in [0.3, 0.4) is 0 Å². The van der Waals surface area contributed by atoms with Crippen molar-refractivity contribution in [2.75, 3.05) is 31.8 Å². The molecular weight excluding hydrogens is 385 g/mol. The Hall–Kier alpha value is -2.61. The molecule has 8 heteroatoms. The summed E-state index contributed by atoms with van der Waals surface area (Å²) < 4.78 is 53.6. The minimum absolute atomic E-state index is 0.0415.